The Balaban J connectivity index is 1.58. The van der Waals surface area contributed by atoms with E-state index in [0.29, 0.717) is 6.20 Å². The van der Waals surface area contributed by atoms with E-state index in [4.69, 9.17) is 45.4 Å². The first-order valence-corrected chi connectivity index (χ1v) is 10.1. The minimum atomic E-state index is -4.57. The molecule has 0 saturated carbocycles. The number of halogens is 6. The van der Waals surface area contributed by atoms with Crippen molar-refractivity contribution in [3.8, 4) is 0 Å². The molecule has 0 aliphatic carbocycles. The molecule has 0 radical (unpaired) electrons. The Bertz CT molecular complexity index is 1120. The second kappa shape index (κ2) is 9.89. The average Bonchev–Trinajstić information content (AvgIpc) is 3.21. The maximum Gasteiger partial charge on any atom is 0.417 e. The molecule has 176 valence electrons. The minimum Gasteiger partial charge on any atom is -0.390 e. The number of amides is 3. The lowest BCUT2D eigenvalue weighted by molar-refractivity contribution is -0.137. The molecular formula is C18H14Cl3F3N6O3. The molecule has 1 unspecified atom stereocenters. The first-order chi connectivity index (χ1) is 15.5. The summed E-state index contributed by atoms with van der Waals surface area (Å²) in [5.41, 5.74) is 6.73. The van der Waals surface area contributed by atoms with E-state index in [1.165, 1.54) is 18.2 Å². The lowest BCUT2D eigenvalue weighted by Gasteiger charge is -2.21. The summed E-state index contributed by atoms with van der Waals surface area (Å²) in [5, 5.41) is 7.30. The quantitative estimate of drug-likeness (QED) is 0.504. The van der Waals surface area contributed by atoms with Crippen LogP contribution in [0.5, 0.6) is 0 Å². The van der Waals surface area contributed by atoms with Gasteiger partial charge in [-0.3, -0.25) is 10.2 Å². The standard InChI is InChI=1S/C18H14Cl3F3N6O3/c19-11-2-1-9(4-12(11)20)30(17(25)32)28-16(31)14-5-10(33-29-14)7-27-15-13(21)3-8(6-26-15)18(22,23)24/h1-4,6,10H,5,7H2,(H2,25,32)(H,26,27)(H,28,31). The summed E-state index contributed by atoms with van der Waals surface area (Å²) >= 11 is 17.6. The van der Waals surface area contributed by atoms with Gasteiger partial charge in [-0.05, 0) is 24.3 Å². The van der Waals surface area contributed by atoms with Crippen LogP contribution in [0.2, 0.25) is 15.1 Å². The number of oxime groups is 1. The molecule has 0 saturated heterocycles. The highest BCUT2D eigenvalue weighted by molar-refractivity contribution is 6.42. The molecule has 9 nitrogen and oxygen atoms in total. The van der Waals surface area contributed by atoms with Crippen LogP contribution in [0.3, 0.4) is 0 Å². The summed E-state index contributed by atoms with van der Waals surface area (Å²) < 4.78 is 38.1. The van der Waals surface area contributed by atoms with Crippen LogP contribution in [0.15, 0.2) is 35.6 Å². The summed E-state index contributed by atoms with van der Waals surface area (Å²) in [7, 11) is 0. The number of nitrogens with zero attached hydrogens (tertiary/aromatic N) is 3. The number of carbonyl (C=O) groups excluding carboxylic acids is 2. The summed E-state index contributed by atoms with van der Waals surface area (Å²) in [6.07, 6.45) is -4.57. The molecule has 1 atom stereocenters. The van der Waals surface area contributed by atoms with Gasteiger partial charge in [0.1, 0.15) is 11.5 Å². The smallest absolute Gasteiger partial charge is 0.390 e. The summed E-state index contributed by atoms with van der Waals surface area (Å²) in [5.74, 6) is -0.765. The molecule has 15 heteroatoms. The van der Waals surface area contributed by atoms with E-state index in [2.05, 4.69) is 20.9 Å². The zero-order valence-electron chi connectivity index (χ0n) is 16.3. The fourth-order valence-electron chi connectivity index (χ4n) is 2.64. The van der Waals surface area contributed by atoms with Crippen molar-refractivity contribution in [1.29, 1.82) is 0 Å². The number of anilines is 2. The van der Waals surface area contributed by atoms with Crippen LogP contribution in [0.1, 0.15) is 12.0 Å². The molecule has 0 fully saturated rings. The van der Waals surface area contributed by atoms with Gasteiger partial charge in [-0.1, -0.05) is 40.0 Å². The van der Waals surface area contributed by atoms with Crippen molar-refractivity contribution in [2.45, 2.75) is 18.7 Å². The zero-order chi connectivity index (χ0) is 24.3. The number of hydrogen-bond donors (Lipinski definition) is 3. The van der Waals surface area contributed by atoms with E-state index in [-0.39, 0.29) is 45.3 Å². The molecular weight excluding hydrogens is 512 g/mol. The Morgan fingerprint density at radius 1 is 1.18 bits per heavy atom. The third-order valence-electron chi connectivity index (χ3n) is 4.26. The van der Waals surface area contributed by atoms with E-state index in [9.17, 15) is 22.8 Å². The molecule has 1 aromatic heterocycles. The highest BCUT2D eigenvalue weighted by atomic mass is 35.5. The van der Waals surface area contributed by atoms with Crippen molar-refractivity contribution in [2.24, 2.45) is 10.9 Å². The van der Waals surface area contributed by atoms with Gasteiger partial charge in [-0.25, -0.2) is 14.8 Å². The number of alkyl halides is 3. The fourth-order valence-corrected chi connectivity index (χ4v) is 3.17. The van der Waals surface area contributed by atoms with Gasteiger partial charge in [0.2, 0.25) is 0 Å². The van der Waals surface area contributed by atoms with E-state index in [1.54, 1.807) is 0 Å². The van der Waals surface area contributed by atoms with Crippen molar-refractivity contribution < 1.29 is 27.6 Å². The third-order valence-corrected chi connectivity index (χ3v) is 5.28. The monoisotopic (exact) mass is 524 g/mol. The molecule has 1 aliphatic rings. The van der Waals surface area contributed by atoms with E-state index >= 15 is 0 Å². The number of hydrogen-bond acceptors (Lipinski definition) is 6. The first kappa shape index (κ1) is 24.7. The number of hydrazine groups is 1. The molecule has 4 N–H and O–H groups in total. The Morgan fingerprint density at radius 2 is 1.91 bits per heavy atom. The van der Waals surface area contributed by atoms with Crippen LogP contribution < -0.4 is 21.5 Å². The van der Waals surface area contributed by atoms with Gasteiger partial charge in [-0.2, -0.15) is 13.2 Å². The van der Waals surface area contributed by atoms with Gasteiger partial charge in [0.25, 0.3) is 5.91 Å². The highest BCUT2D eigenvalue weighted by Crippen LogP contribution is 2.32. The molecule has 0 bridgehead atoms. The molecule has 33 heavy (non-hydrogen) atoms. The topological polar surface area (TPSA) is 122 Å². The van der Waals surface area contributed by atoms with Crippen LogP contribution in [-0.4, -0.2) is 35.3 Å². The second-order valence-corrected chi connectivity index (χ2v) is 7.84. The van der Waals surface area contributed by atoms with Crippen molar-refractivity contribution >= 4 is 64.0 Å². The van der Waals surface area contributed by atoms with Gasteiger partial charge in [-0.15, -0.1) is 0 Å². The van der Waals surface area contributed by atoms with Gasteiger partial charge in [0, 0.05) is 12.6 Å². The third kappa shape index (κ3) is 6.09. The zero-order valence-corrected chi connectivity index (χ0v) is 18.6. The Morgan fingerprint density at radius 3 is 2.52 bits per heavy atom. The van der Waals surface area contributed by atoms with Gasteiger partial charge < -0.3 is 15.9 Å². The number of nitrogens with two attached hydrogens (primary N) is 1. The predicted octanol–water partition coefficient (Wildman–Crippen LogP) is 4.23. The number of carbonyl (C=O) groups is 2. The molecule has 1 aromatic carbocycles. The highest BCUT2D eigenvalue weighted by Gasteiger charge is 2.32. The van der Waals surface area contributed by atoms with Crippen LogP contribution >= 0.6 is 34.8 Å². The van der Waals surface area contributed by atoms with Crippen LogP contribution in [0.4, 0.5) is 29.5 Å². The lowest BCUT2D eigenvalue weighted by Crippen LogP contribution is -2.51. The van der Waals surface area contributed by atoms with Crippen molar-refractivity contribution in [3.63, 3.8) is 0 Å². The van der Waals surface area contributed by atoms with Crippen molar-refractivity contribution in [2.75, 3.05) is 16.9 Å². The summed E-state index contributed by atoms with van der Waals surface area (Å²) in [4.78, 5) is 33.1. The Labute approximate surface area is 199 Å². The van der Waals surface area contributed by atoms with Gasteiger partial charge in [0.05, 0.1) is 32.9 Å². The van der Waals surface area contributed by atoms with Crippen molar-refractivity contribution in [3.05, 3.63) is 51.1 Å². The first-order valence-electron chi connectivity index (χ1n) is 9.00. The predicted molar refractivity (Wildman–Crippen MR) is 116 cm³/mol. The number of urea groups is 1. The number of benzene rings is 1. The molecule has 3 rings (SSSR count). The maximum atomic E-state index is 12.7. The van der Waals surface area contributed by atoms with E-state index in [0.717, 1.165) is 11.1 Å². The summed E-state index contributed by atoms with van der Waals surface area (Å²) in [6, 6.07) is 3.90. The minimum absolute atomic E-state index is 0.00527. The largest absolute Gasteiger partial charge is 0.417 e. The Kier molecular flexibility index (Phi) is 7.40. The number of primary amides is 1. The SMILES string of the molecule is NC(=O)N(NC(=O)C1=NOC(CNc2ncc(C(F)(F)F)cc2Cl)C1)c1ccc(Cl)c(Cl)c1. The van der Waals surface area contributed by atoms with Crippen LogP contribution in [0.25, 0.3) is 0 Å². The van der Waals surface area contributed by atoms with Gasteiger partial charge >= 0.3 is 12.2 Å². The maximum absolute atomic E-state index is 12.7. The molecule has 3 amide bonds. The number of nitrogens with one attached hydrogen (secondary N) is 2. The molecule has 2 aromatic rings. The number of pyridine rings is 1. The lowest BCUT2D eigenvalue weighted by atomic mass is 10.1. The van der Waals surface area contributed by atoms with Crippen molar-refractivity contribution in [1.82, 2.24) is 10.4 Å². The average molecular weight is 526 g/mol. The summed E-state index contributed by atoms with van der Waals surface area (Å²) in [6.45, 7) is 0.0324. The fraction of sp³-hybridized carbons (Fsp3) is 0.222. The Hall–Kier alpha value is -2.96. The number of aromatic nitrogens is 1. The molecule has 1 aliphatic heterocycles. The normalized spacial score (nSPS) is 15.5. The molecule has 2 heterocycles. The van der Waals surface area contributed by atoms with Crippen LogP contribution in [0, 0.1) is 0 Å². The number of rotatable bonds is 5. The molecule has 0 spiro atoms. The van der Waals surface area contributed by atoms with E-state index < -0.39 is 29.8 Å². The second-order valence-electron chi connectivity index (χ2n) is 6.62. The van der Waals surface area contributed by atoms with Gasteiger partial charge in [0.15, 0.2) is 6.10 Å². The van der Waals surface area contributed by atoms with E-state index in [1.807, 2.05) is 0 Å². The van der Waals surface area contributed by atoms with Crippen LogP contribution in [-0.2, 0) is 15.8 Å².